The van der Waals surface area contributed by atoms with Crippen molar-refractivity contribution in [1.29, 1.82) is 0 Å². The van der Waals surface area contributed by atoms with Crippen molar-refractivity contribution in [2.75, 3.05) is 13.2 Å². The molecular formula is C17H16N4O4. The molecule has 0 saturated heterocycles. The number of H-pyrrole nitrogens is 1. The Balaban J connectivity index is 1.50. The highest BCUT2D eigenvalue weighted by atomic mass is 16.6. The molecule has 1 aromatic carbocycles. The molecule has 0 saturated carbocycles. The molecule has 0 unspecified atom stereocenters. The Morgan fingerprint density at radius 2 is 2.12 bits per heavy atom. The van der Waals surface area contributed by atoms with Crippen molar-refractivity contribution < 1.29 is 14.5 Å². The average Bonchev–Trinajstić information content (AvgIpc) is 3.03. The molecule has 2 N–H and O–H groups in total. The Morgan fingerprint density at radius 3 is 2.96 bits per heavy atom. The van der Waals surface area contributed by atoms with Gasteiger partial charge in [-0.1, -0.05) is 18.2 Å². The maximum Gasteiger partial charge on any atom is 0.406 e. The summed E-state index contributed by atoms with van der Waals surface area (Å²) in [4.78, 5) is 28.8. The molecule has 1 amide bonds. The van der Waals surface area contributed by atoms with E-state index >= 15 is 0 Å². The summed E-state index contributed by atoms with van der Waals surface area (Å²) in [6.45, 7) is 0.138. The SMILES string of the molecule is O=C(COc1cccnc1[N+](=O)[O-])NCCc1c[nH]c2ccccc12. The van der Waals surface area contributed by atoms with Gasteiger partial charge < -0.3 is 25.2 Å². The van der Waals surface area contributed by atoms with E-state index in [-0.39, 0.29) is 18.3 Å². The van der Waals surface area contributed by atoms with Crippen molar-refractivity contribution in [3.05, 3.63) is 64.5 Å². The molecule has 0 aliphatic heterocycles. The molecule has 2 aromatic heterocycles. The topological polar surface area (TPSA) is 110 Å². The van der Waals surface area contributed by atoms with Crippen molar-refractivity contribution in [2.24, 2.45) is 0 Å². The summed E-state index contributed by atoms with van der Waals surface area (Å²) in [5.41, 5.74) is 2.16. The minimum atomic E-state index is -0.649. The van der Waals surface area contributed by atoms with Crippen LogP contribution in [0.3, 0.4) is 0 Å². The number of rotatable bonds is 7. The van der Waals surface area contributed by atoms with E-state index in [2.05, 4.69) is 15.3 Å². The van der Waals surface area contributed by atoms with Gasteiger partial charge in [-0.2, -0.15) is 0 Å². The summed E-state index contributed by atoms with van der Waals surface area (Å²) in [6.07, 6.45) is 3.89. The highest BCUT2D eigenvalue weighted by Crippen LogP contribution is 2.22. The largest absolute Gasteiger partial charge is 0.476 e. The molecule has 8 nitrogen and oxygen atoms in total. The van der Waals surface area contributed by atoms with Gasteiger partial charge in [-0.3, -0.25) is 4.79 Å². The van der Waals surface area contributed by atoms with Crippen LogP contribution in [0.2, 0.25) is 0 Å². The monoisotopic (exact) mass is 340 g/mol. The number of amides is 1. The van der Waals surface area contributed by atoms with Crippen molar-refractivity contribution >= 4 is 22.6 Å². The molecule has 3 aromatic rings. The van der Waals surface area contributed by atoms with Gasteiger partial charge in [-0.25, -0.2) is 0 Å². The van der Waals surface area contributed by atoms with E-state index in [9.17, 15) is 14.9 Å². The number of para-hydroxylation sites is 1. The number of benzene rings is 1. The van der Waals surface area contributed by atoms with Crippen LogP contribution >= 0.6 is 0 Å². The van der Waals surface area contributed by atoms with Crippen molar-refractivity contribution in [2.45, 2.75) is 6.42 Å². The quantitative estimate of drug-likeness (QED) is 0.506. The average molecular weight is 340 g/mol. The van der Waals surface area contributed by atoms with Crippen LogP contribution in [0.5, 0.6) is 5.75 Å². The predicted molar refractivity (Wildman–Crippen MR) is 91.4 cm³/mol. The van der Waals surface area contributed by atoms with Crippen LogP contribution in [0.1, 0.15) is 5.56 Å². The van der Waals surface area contributed by atoms with Gasteiger partial charge in [0, 0.05) is 23.6 Å². The molecule has 0 bridgehead atoms. The van der Waals surface area contributed by atoms with E-state index in [1.54, 1.807) is 0 Å². The van der Waals surface area contributed by atoms with E-state index in [0.29, 0.717) is 13.0 Å². The molecule has 0 aliphatic carbocycles. The lowest BCUT2D eigenvalue weighted by Crippen LogP contribution is -2.30. The standard InChI is InChI=1S/C17H16N4O4/c22-16(11-25-15-6-3-8-19-17(15)21(23)24)18-9-7-12-10-20-14-5-2-1-4-13(12)14/h1-6,8,10,20H,7,9,11H2,(H,18,22). The number of nitrogens with one attached hydrogen (secondary N) is 2. The third kappa shape index (κ3) is 3.92. The Labute approximate surface area is 143 Å². The van der Waals surface area contributed by atoms with Crippen molar-refractivity contribution in [1.82, 2.24) is 15.3 Å². The molecule has 128 valence electrons. The number of carbonyl (C=O) groups is 1. The van der Waals surface area contributed by atoms with Gasteiger partial charge in [-0.05, 0) is 40.1 Å². The van der Waals surface area contributed by atoms with Crippen LogP contribution in [-0.2, 0) is 11.2 Å². The lowest BCUT2D eigenvalue weighted by Gasteiger charge is -2.07. The van der Waals surface area contributed by atoms with Crippen LogP contribution < -0.4 is 10.1 Å². The number of carbonyl (C=O) groups excluding carboxylic acids is 1. The van der Waals surface area contributed by atoms with Crippen LogP contribution in [0.15, 0.2) is 48.8 Å². The minimum Gasteiger partial charge on any atom is -0.476 e. The Hall–Kier alpha value is -3.42. The second-order valence-electron chi connectivity index (χ2n) is 5.33. The predicted octanol–water partition coefficient (Wildman–Crippen LogP) is 2.21. The number of hydrogen-bond acceptors (Lipinski definition) is 5. The maximum atomic E-state index is 11.9. The zero-order valence-corrected chi connectivity index (χ0v) is 13.3. The Bertz CT molecular complexity index is 906. The zero-order chi connectivity index (χ0) is 17.6. The van der Waals surface area contributed by atoms with E-state index in [0.717, 1.165) is 16.5 Å². The molecule has 2 heterocycles. The second kappa shape index (κ2) is 7.43. The number of fused-ring (bicyclic) bond motifs is 1. The fourth-order valence-electron chi connectivity index (χ4n) is 2.50. The third-order valence-electron chi connectivity index (χ3n) is 3.67. The summed E-state index contributed by atoms with van der Waals surface area (Å²) in [5.74, 6) is -0.786. The van der Waals surface area contributed by atoms with E-state index in [1.165, 1.54) is 18.3 Å². The second-order valence-corrected chi connectivity index (χ2v) is 5.33. The molecule has 0 aliphatic rings. The van der Waals surface area contributed by atoms with Gasteiger partial charge in [0.05, 0.1) is 0 Å². The summed E-state index contributed by atoms with van der Waals surface area (Å²) in [6, 6.07) is 10.9. The van der Waals surface area contributed by atoms with Crippen LogP contribution in [0, 0.1) is 10.1 Å². The van der Waals surface area contributed by atoms with Crippen LogP contribution in [0.25, 0.3) is 10.9 Å². The molecule has 0 spiro atoms. The molecule has 0 atom stereocenters. The number of hydrogen-bond donors (Lipinski definition) is 2. The lowest BCUT2D eigenvalue weighted by atomic mass is 10.1. The lowest BCUT2D eigenvalue weighted by molar-refractivity contribution is -0.390. The van der Waals surface area contributed by atoms with Gasteiger partial charge in [0.25, 0.3) is 5.91 Å². The summed E-state index contributed by atoms with van der Waals surface area (Å²) >= 11 is 0. The molecule has 0 radical (unpaired) electrons. The summed E-state index contributed by atoms with van der Waals surface area (Å²) < 4.78 is 5.20. The van der Waals surface area contributed by atoms with E-state index < -0.39 is 10.7 Å². The molecule has 25 heavy (non-hydrogen) atoms. The Morgan fingerprint density at radius 1 is 1.28 bits per heavy atom. The summed E-state index contributed by atoms with van der Waals surface area (Å²) in [5, 5.41) is 14.7. The van der Waals surface area contributed by atoms with Crippen LogP contribution in [-0.4, -0.2) is 34.0 Å². The molecule has 8 heteroatoms. The zero-order valence-electron chi connectivity index (χ0n) is 13.3. The highest BCUT2D eigenvalue weighted by molar-refractivity contribution is 5.83. The number of nitro groups is 1. The first-order valence-corrected chi connectivity index (χ1v) is 7.69. The molecular weight excluding hydrogens is 324 g/mol. The van der Waals surface area contributed by atoms with Gasteiger partial charge >= 0.3 is 5.82 Å². The van der Waals surface area contributed by atoms with Gasteiger partial charge in [0.2, 0.25) is 5.75 Å². The summed E-state index contributed by atoms with van der Waals surface area (Å²) in [7, 11) is 0. The van der Waals surface area contributed by atoms with Crippen molar-refractivity contribution in [3.63, 3.8) is 0 Å². The highest BCUT2D eigenvalue weighted by Gasteiger charge is 2.16. The van der Waals surface area contributed by atoms with E-state index in [1.807, 2.05) is 30.5 Å². The van der Waals surface area contributed by atoms with Gasteiger partial charge in [0.15, 0.2) is 6.61 Å². The number of aromatic amines is 1. The first-order valence-electron chi connectivity index (χ1n) is 7.69. The fourth-order valence-corrected chi connectivity index (χ4v) is 2.50. The minimum absolute atomic E-state index is 0.0284. The first kappa shape index (κ1) is 16.4. The maximum absolute atomic E-state index is 11.9. The van der Waals surface area contributed by atoms with Crippen LogP contribution in [0.4, 0.5) is 5.82 Å². The number of pyridine rings is 1. The Kier molecular flexibility index (Phi) is 4.89. The normalized spacial score (nSPS) is 10.6. The first-order chi connectivity index (χ1) is 12.1. The smallest absolute Gasteiger partial charge is 0.406 e. The number of ether oxygens (including phenoxy) is 1. The van der Waals surface area contributed by atoms with Crippen molar-refractivity contribution in [3.8, 4) is 5.75 Å². The number of nitrogens with zero attached hydrogens (tertiary/aromatic N) is 2. The fraction of sp³-hybridized carbons (Fsp3) is 0.176. The molecule has 0 fully saturated rings. The number of aromatic nitrogens is 2. The molecule has 3 rings (SSSR count). The third-order valence-corrected chi connectivity index (χ3v) is 3.67. The van der Waals surface area contributed by atoms with E-state index in [4.69, 9.17) is 4.74 Å². The van der Waals surface area contributed by atoms with Gasteiger partial charge in [-0.15, -0.1) is 0 Å². The van der Waals surface area contributed by atoms with Gasteiger partial charge in [0.1, 0.15) is 6.20 Å².